The van der Waals surface area contributed by atoms with E-state index < -0.39 is 72.9 Å². The average molecular weight is 654 g/mol. The molecule has 254 valence electrons. The van der Waals surface area contributed by atoms with Crippen molar-refractivity contribution < 1.29 is 58.9 Å². The number of phenols is 1. The van der Waals surface area contributed by atoms with Gasteiger partial charge in [0.25, 0.3) is 5.91 Å². The number of hydrogen-bond acceptors (Lipinski definition) is 13. The highest BCUT2D eigenvalue weighted by Crippen LogP contribution is 2.16. The average Bonchev–Trinajstić information content (AvgIpc) is 3.03. The zero-order valence-corrected chi connectivity index (χ0v) is 24.8. The molecule has 0 spiro atoms. The normalized spacial score (nSPS) is 16.3. The highest BCUT2D eigenvalue weighted by Gasteiger charge is 2.30. The quantitative estimate of drug-likeness (QED) is 0.0322. The van der Waals surface area contributed by atoms with Crippen LogP contribution < -0.4 is 27.0 Å². The third kappa shape index (κ3) is 11.9. The second-order valence-electron chi connectivity index (χ2n) is 10.2. The van der Waals surface area contributed by atoms with Crippen LogP contribution >= 0.6 is 0 Å². The molecule has 1 aliphatic rings. The van der Waals surface area contributed by atoms with E-state index >= 15 is 0 Å². The number of phenolic OH excluding ortho intramolecular Hbond substituents is 1. The van der Waals surface area contributed by atoms with E-state index in [0.29, 0.717) is 23.0 Å². The molecule has 1 saturated heterocycles. The van der Waals surface area contributed by atoms with Crippen molar-refractivity contribution >= 4 is 41.9 Å². The van der Waals surface area contributed by atoms with Crippen LogP contribution in [0.4, 0.5) is 0 Å². The van der Waals surface area contributed by atoms with E-state index in [1.54, 1.807) is 0 Å². The summed E-state index contributed by atoms with van der Waals surface area (Å²) in [5.41, 5.74) is 5.58. The van der Waals surface area contributed by atoms with Gasteiger partial charge >= 0.3 is 5.97 Å². The lowest BCUT2D eigenvalue weighted by Gasteiger charge is -2.27. The molecule has 1 heterocycles. The standard InChI is InChI=1S/C27H39N7O12/c28-17(14-46-27(43)16-5-1-2-8-21(16)37)23(39)32-20(13-35)25(41)31-18(6-3-11-33(44)15-36)24(40)29-10-9-22(38)30-19-7-4-12-34(45)26(19)42/h1-2,5,8,15,17-20,35,37,44-45H,3-4,6-7,9-14,28H2,(H,29,40)(H,30,38)(H,31,41)(H,32,39)/t17-,18+,19+,20-/m0/s1. The Morgan fingerprint density at radius 2 is 1.80 bits per heavy atom. The van der Waals surface area contributed by atoms with Gasteiger partial charge in [0.2, 0.25) is 30.0 Å². The maximum atomic E-state index is 12.9. The van der Waals surface area contributed by atoms with Crippen molar-refractivity contribution in [3.63, 3.8) is 0 Å². The summed E-state index contributed by atoms with van der Waals surface area (Å²) in [6, 6.07) is 0.215. The molecule has 10 N–H and O–H groups in total. The van der Waals surface area contributed by atoms with Gasteiger partial charge in [0.15, 0.2) is 0 Å². The predicted octanol–water partition coefficient (Wildman–Crippen LogP) is -3.53. The first kappa shape index (κ1) is 37.3. The van der Waals surface area contributed by atoms with Crippen molar-refractivity contribution in [2.75, 3.05) is 32.8 Å². The topological polar surface area (TPSA) is 290 Å². The Morgan fingerprint density at radius 1 is 1.11 bits per heavy atom. The van der Waals surface area contributed by atoms with Gasteiger partial charge in [-0.15, -0.1) is 0 Å². The summed E-state index contributed by atoms with van der Waals surface area (Å²) in [6.07, 6.45) is 0.611. The van der Waals surface area contributed by atoms with Crippen molar-refractivity contribution in [1.82, 2.24) is 31.4 Å². The van der Waals surface area contributed by atoms with Crippen LogP contribution in [0.3, 0.4) is 0 Å². The van der Waals surface area contributed by atoms with Crippen molar-refractivity contribution in [3.8, 4) is 5.75 Å². The van der Waals surface area contributed by atoms with Gasteiger partial charge < -0.3 is 42.0 Å². The summed E-state index contributed by atoms with van der Waals surface area (Å²) in [4.78, 5) is 85.3. The number of aromatic hydroxyl groups is 1. The minimum Gasteiger partial charge on any atom is -0.507 e. The summed E-state index contributed by atoms with van der Waals surface area (Å²) in [5, 5.41) is 48.6. The summed E-state index contributed by atoms with van der Waals surface area (Å²) >= 11 is 0. The molecule has 6 amide bonds. The van der Waals surface area contributed by atoms with Crippen molar-refractivity contribution in [2.45, 2.75) is 56.3 Å². The summed E-state index contributed by atoms with van der Waals surface area (Å²) in [7, 11) is 0. The molecule has 0 radical (unpaired) electrons. The molecule has 0 saturated carbocycles. The number of piperidine rings is 1. The number of benzene rings is 1. The van der Waals surface area contributed by atoms with E-state index in [0.717, 1.165) is 0 Å². The van der Waals surface area contributed by atoms with Gasteiger partial charge in [-0.05, 0) is 37.8 Å². The first-order valence-corrected chi connectivity index (χ1v) is 14.3. The Hall–Kier alpha value is -4.85. The van der Waals surface area contributed by atoms with E-state index in [9.17, 15) is 54.2 Å². The first-order chi connectivity index (χ1) is 21.9. The number of nitrogens with one attached hydrogen (secondary N) is 4. The zero-order valence-electron chi connectivity index (χ0n) is 24.8. The van der Waals surface area contributed by atoms with E-state index in [-0.39, 0.29) is 56.6 Å². The van der Waals surface area contributed by atoms with Crippen molar-refractivity contribution in [2.24, 2.45) is 5.73 Å². The lowest BCUT2D eigenvalue weighted by atomic mass is 10.1. The van der Waals surface area contributed by atoms with Crippen LogP contribution in [0.25, 0.3) is 0 Å². The van der Waals surface area contributed by atoms with Crippen LogP contribution in [-0.4, -0.2) is 130 Å². The molecule has 0 unspecified atom stereocenters. The number of hydrogen-bond donors (Lipinski definition) is 9. The predicted molar refractivity (Wildman–Crippen MR) is 153 cm³/mol. The molecular weight excluding hydrogens is 614 g/mol. The van der Waals surface area contributed by atoms with Crippen molar-refractivity contribution in [1.29, 1.82) is 0 Å². The number of aliphatic hydroxyl groups excluding tert-OH is 1. The van der Waals surface area contributed by atoms with E-state index in [2.05, 4.69) is 21.3 Å². The summed E-state index contributed by atoms with van der Waals surface area (Å²) in [5.74, 6) is -5.32. The third-order valence-electron chi connectivity index (χ3n) is 6.71. The van der Waals surface area contributed by atoms with Crippen LogP contribution in [0.1, 0.15) is 42.5 Å². The number of esters is 1. The van der Waals surface area contributed by atoms with Gasteiger partial charge in [-0.25, -0.2) is 14.9 Å². The molecule has 19 nitrogen and oxygen atoms in total. The van der Waals surface area contributed by atoms with Gasteiger partial charge in [-0.1, -0.05) is 12.1 Å². The smallest absolute Gasteiger partial charge is 0.341 e. The fraction of sp³-hybridized carbons (Fsp3) is 0.519. The van der Waals surface area contributed by atoms with E-state index in [4.69, 9.17) is 10.5 Å². The lowest BCUT2D eigenvalue weighted by molar-refractivity contribution is -0.173. The molecule has 2 rings (SSSR count). The number of carbonyl (C=O) groups is 7. The largest absolute Gasteiger partial charge is 0.507 e. The lowest BCUT2D eigenvalue weighted by Crippen LogP contribution is -2.57. The molecule has 0 aliphatic carbocycles. The molecule has 1 fully saturated rings. The van der Waals surface area contributed by atoms with Crippen LogP contribution in [0.2, 0.25) is 0 Å². The minimum atomic E-state index is -1.60. The van der Waals surface area contributed by atoms with Gasteiger partial charge in [0.1, 0.15) is 42.1 Å². The Morgan fingerprint density at radius 3 is 2.48 bits per heavy atom. The highest BCUT2D eigenvalue weighted by molar-refractivity contribution is 5.94. The molecule has 46 heavy (non-hydrogen) atoms. The number of carbonyl (C=O) groups excluding carboxylic acids is 7. The fourth-order valence-electron chi connectivity index (χ4n) is 4.17. The van der Waals surface area contributed by atoms with Crippen LogP contribution in [0.15, 0.2) is 24.3 Å². The monoisotopic (exact) mass is 653 g/mol. The molecule has 1 aliphatic heterocycles. The Bertz CT molecular complexity index is 1250. The molecule has 1 aromatic rings. The number of para-hydroxylation sites is 1. The van der Waals surface area contributed by atoms with Gasteiger partial charge in [0.05, 0.1) is 6.61 Å². The number of nitrogens with zero attached hydrogens (tertiary/aromatic N) is 2. The summed E-state index contributed by atoms with van der Waals surface area (Å²) < 4.78 is 4.93. The first-order valence-electron chi connectivity index (χ1n) is 14.3. The maximum Gasteiger partial charge on any atom is 0.341 e. The maximum absolute atomic E-state index is 12.9. The van der Waals surface area contributed by atoms with Gasteiger partial charge in [-0.2, -0.15) is 0 Å². The highest BCUT2D eigenvalue weighted by atomic mass is 16.5. The van der Waals surface area contributed by atoms with Crippen LogP contribution in [0.5, 0.6) is 5.75 Å². The van der Waals surface area contributed by atoms with Gasteiger partial charge in [-0.3, -0.25) is 39.2 Å². The number of ether oxygens (including phenoxy) is 1. The Kier molecular flexibility index (Phi) is 15.3. The number of amides is 6. The molecule has 4 atom stereocenters. The molecule has 0 aromatic heterocycles. The number of aliphatic hydroxyl groups is 1. The molecule has 1 aromatic carbocycles. The Labute approximate surface area is 262 Å². The SMILES string of the molecule is N[C@@H](COC(=O)c1ccccc1O)C(=O)N[C@@H](CO)C(=O)N[C@H](CCCN(O)C=O)C(=O)NCCC(=O)N[C@@H]1CCCN(O)C1=O. The minimum absolute atomic E-state index is 0.0267. The summed E-state index contributed by atoms with van der Waals surface area (Å²) in [6.45, 7) is -1.82. The number of rotatable bonds is 18. The number of hydroxylamine groups is 4. The number of nitrogens with two attached hydrogens (primary N) is 1. The van der Waals surface area contributed by atoms with Crippen molar-refractivity contribution in [3.05, 3.63) is 29.8 Å². The van der Waals surface area contributed by atoms with Crippen LogP contribution in [0, 0.1) is 0 Å². The second-order valence-corrected chi connectivity index (χ2v) is 10.2. The molecule has 19 heteroatoms. The fourth-order valence-corrected chi connectivity index (χ4v) is 4.17. The van der Waals surface area contributed by atoms with E-state index in [1.807, 2.05) is 0 Å². The Balaban J connectivity index is 1.92. The second kappa shape index (κ2) is 18.8. The molecular formula is C27H39N7O12. The molecule has 0 bridgehead atoms. The van der Waals surface area contributed by atoms with Gasteiger partial charge in [0, 0.05) is 26.1 Å². The zero-order chi connectivity index (χ0) is 34.2. The third-order valence-corrected chi connectivity index (χ3v) is 6.71. The van der Waals surface area contributed by atoms with Crippen LogP contribution in [-0.2, 0) is 33.5 Å². The van der Waals surface area contributed by atoms with E-state index in [1.165, 1.54) is 24.3 Å².